The molecule has 18 nitrogen and oxygen atoms in total. The molecule has 3 aliphatic heterocycles. The van der Waals surface area contributed by atoms with Gasteiger partial charge in [-0.2, -0.15) is 0 Å². The SMILES string of the molecule is C=CCOC(=O)O[C@H]1[C@H](OC(=O)c2cnccn2)[C@@H](OC(=O)OCC=C)C(Oc2c3c(c(-c4ccc5c(c4)OCO5)c4cc(OC)c(OC)cc24)C(=O)OC3)O[C@@H]1C. The van der Waals surface area contributed by atoms with E-state index in [1.54, 1.807) is 30.3 Å². The zero-order chi connectivity index (χ0) is 40.9. The summed E-state index contributed by atoms with van der Waals surface area (Å²) >= 11 is 0. The highest BCUT2D eigenvalue weighted by Gasteiger charge is 2.53. The quantitative estimate of drug-likeness (QED) is 0.0933. The van der Waals surface area contributed by atoms with Crippen LogP contribution in [0.4, 0.5) is 9.59 Å². The second kappa shape index (κ2) is 17.0. The summed E-state index contributed by atoms with van der Waals surface area (Å²) in [5, 5.41) is 0.832. The summed E-state index contributed by atoms with van der Waals surface area (Å²) in [6, 6.07) is 8.53. The second-order valence-electron chi connectivity index (χ2n) is 12.6. The monoisotopic (exact) mass is 800 g/mol. The number of fused-ring (bicyclic) bond motifs is 3. The van der Waals surface area contributed by atoms with E-state index in [1.165, 1.54) is 45.7 Å². The lowest BCUT2D eigenvalue weighted by atomic mass is 9.89. The number of esters is 2. The Morgan fingerprint density at radius 1 is 0.828 bits per heavy atom. The molecule has 1 aromatic heterocycles. The van der Waals surface area contributed by atoms with Crippen LogP contribution in [0.2, 0.25) is 0 Å². The fourth-order valence-electron chi connectivity index (χ4n) is 6.63. The van der Waals surface area contributed by atoms with Gasteiger partial charge in [0, 0.05) is 28.9 Å². The highest BCUT2D eigenvalue weighted by molar-refractivity contribution is 6.14. The highest BCUT2D eigenvalue weighted by Crippen LogP contribution is 2.50. The number of hydrogen-bond donors (Lipinski definition) is 0. The van der Waals surface area contributed by atoms with Gasteiger partial charge in [0.2, 0.25) is 19.2 Å². The Balaban J connectivity index is 1.39. The summed E-state index contributed by atoms with van der Waals surface area (Å²) in [7, 11) is 2.91. The molecule has 58 heavy (non-hydrogen) atoms. The van der Waals surface area contributed by atoms with E-state index >= 15 is 0 Å². The normalized spacial score (nSPS) is 20.2. The van der Waals surface area contributed by atoms with E-state index in [0.29, 0.717) is 50.5 Å². The number of hydrogen-bond acceptors (Lipinski definition) is 18. The number of benzene rings is 3. The van der Waals surface area contributed by atoms with Gasteiger partial charge in [-0.05, 0) is 42.1 Å². The predicted molar refractivity (Wildman–Crippen MR) is 197 cm³/mol. The molecular weight excluding hydrogens is 764 g/mol. The zero-order valence-electron chi connectivity index (χ0n) is 31.3. The molecule has 0 radical (unpaired) electrons. The minimum absolute atomic E-state index is 0.0264. The van der Waals surface area contributed by atoms with Gasteiger partial charge in [0.25, 0.3) is 0 Å². The third-order valence-corrected chi connectivity index (χ3v) is 9.16. The third kappa shape index (κ3) is 7.68. The minimum Gasteiger partial charge on any atom is -0.493 e. The topological polar surface area (TPSA) is 205 Å². The van der Waals surface area contributed by atoms with Crippen molar-refractivity contribution in [1.82, 2.24) is 9.97 Å². The van der Waals surface area contributed by atoms with Gasteiger partial charge in [-0.1, -0.05) is 31.4 Å². The summed E-state index contributed by atoms with van der Waals surface area (Å²) in [5.41, 5.74) is 1.26. The Morgan fingerprint density at radius 3 is 2.19 bits per heavy atom. The van der Waals surface area contributed by atoms with E-state index in [9.17, 15) is 19.2 Å². The zero-order valence-corrected chi connectivity index (χ0v) is 31.3. The smallest absolute Gasteiger partial charge is 0.493 e. The Morgan fingerprint density at radius 2 is 1.52 bits per heavy atom. The molecule has 0 N–H and O–H groups in total. The first-order valence-electron chi connectivity index (χ1n) is 17.6. The number of ether oxygens (including phenoxy) is 12. The molecule has 0 spiro atoms. The van der Waals surface area contributed by atoms with Crippen molar-refractivity contribution >= 4 is 35.0 Å². The molecule has 18 heteroatoms. The predicted octanol–water partition coefficient (Wildman–Crippen LogP) is 5.48. The largest absolute Gasteiger partial charge is 0.509 e. The van der Waals surface area contributed by atoms with Crippen LogP contribution >= 0.6 is 0 Å². The van der Waals surface area contributed by atoms with Crippen molar-refractivity contribution in [2.75, 3.05) is 34.2 Å². The van der Waals surface area contributed by atoms with Crippen LogP contribution in [0.1, 0.15) is 33.3 Å². The third-order valence-electron chi connectivity index (χ3n) is 9.16. The van der Waals surface area contributed by atoms with Crippen LogP contribution in [0.25, 0.3) is 21.9 Å². The van der Waals surface area contributed by atoms with Gasteiger partial charge in [0.05, 0.1) is 26.0 Å². The van der Waals surface area contributed by atoms with E-state index < -0.39 is 55.0 Å². The van der Waals surface area contributed by atoms with Crippen molar-refractivity contribution in [3.63, 3.8) is 0 Å². The first kappa shape index (κ1) is 39.2. The molecule has 0 saturated carbocycles. The molecule has 5 atom stereocenters. The van der Waals surface area contributed by atoms with Gasteiger partial charge in [0.15, 0.2) is 40.9 Å². The standard InChI is InChI=1S/C40H36N2O16/c1-6-12-49-39(45)57-32-20(3)54-38(35(58-40(46)50-13-7-2)34(32)55-36(43)25-17-41-10-11-42-25)56-33-23-16-28(48-5)27(47-4)15-22(23)30(31-24(33)18-51-37(31)44)21-8-9-26-29(14-21)53-19-52-26/h6-11,14-17,20,32,34-35,38H,1-2,12-13,18-19H2,3-5H3/t20-,32-,34+,35-,38?/m1/s1. The second-order valence-corrected chi connectivity index (χ2v) is 12.6. The fourth-order valence-corrected chi connectivity index (χ4v) is 6.63. The molecule has 4 heterocycles. The molecule has 7 rings (SSSR count). The number of carbonyl (C=O) groups is 4. The van der Waals surface area contributed by atoms with Crippen molar-refractivity contribution in [3.8, 4) is 39.9 Å². The van der Waals surface area contributed by atoms with Crippen LogP contribution < -0.4 is 23.7 Å². The molecule has 3 aliphatic rings. The first-order valence-corrected chi connectivity index (χ1v) is 17.6. The number of aromatic nitrogens is 2. The maximum absolute atomic E-state index is 13.7. The molecule has 1 unspecified atom stereocenters. The van der Waals surface area contributed by atoms with Gasteiger partial charge in [0.1, 0.15) is 31.7 Å². The first-order chi connectivity index (χ1) is 28.1. The van der Waals surface area contributed by atoms with Gasteiger partial charge in [-0.25, -0.2) is 24.2 Å². The Bertz CT molecular complexity index is 2260. The lowest BCUT2D eigenvalue weighted by Gasteiger charge is -2.43. The highest BCUT2D eigenvalue weighted by atomic mass is 16.8. The summed E-state index contributed by atoms with van der Waals surface area (Å²) in [6.07, 6.45) is -3.68. The lowest BCUT2D eigenvalue weighted by molar-refractivity contribution is -0.270. The van der Waals surface area contributed by atoms with Crippen LogP contribution in [0, 0.1) is 0 Å². The van der Waals surface area contributed by atoms with Crippen LogP contribution in [-0.2, 0) is 39.8 Å². The van der Waals surface area contributed by atoms with Crippen molar-refractivity contribution in [2.45, 2.75) is 44.2 Å². The molecular formula is C40H36N2O16. The molecule has 1 fully saturated rings. The Kier molecular flexibility index (Phi) is 11.5. The lowest BCUT2D eigenvalue weighted by Crippen LogP contribution is -2.62. The summed E-state index contributed by atoms with van der Waals surface area (Å²) in [5.74, 6) is -0.0296. The Hall–Kier alpha value is -7.08. The van der Waals surface area contributed by atoms with Gasteiger partial charge in [-0.3, -0.25) is 4.98 Å². The summed E-state index contributed by atoms with van der Waals surface area (Å²) in [4.78, 5) is 61.2. The maximum atomic E-state index is 13.7. The van der Waals surface area contributed by atoms with Crippen molar-refractivity contribution in [1.29, 1.82) is 0 Å². The average molecular weight is 801 g/mol. The Labute approximate surface area is 330 Å². The minimum atomic E-state index is -1.73. The average Bonchev–Trinajstić information content (AvgIpc) is 3.87. The molecule has 0 aliphatic carbocycles. The van der Waals surface area contributed by atoms with E-state index in [2.05, 4.69) is 23.1 Å². The van der Waals surface area contributed by atoms with Gasteiger partial charge in [-0.15, -0.1) is 0 Å². The number of cyclic esters (lactones) is 1. The molecule has 4 aromatic rings. The molecule has 0 amide bonds. The fraction of sp³-hybridized carbons (Fsp3) is 0.300. The summed E-state index contributed by atoms with van der Waals surface area (Å²) < 4.78 is 68.5. The molecule has 302 valence electrons. The van der Waals surface area contributed by atoms with Gasteiger partial charge < -0.3 is 56.8 Å². The van der Waals surface area contributed by atoms with E-state index in [4.69, 9.17) is 56.8 Å². The number of methoxy groups -OCH3 is 2. The number of nitrogens with zero attached hydrogens (tertiary/aromatic N) is 2. The number of carbonyl (C=O) groups excluding carboxylic acids is 4. The molecule has 1 saturated heterocycles. The molecule has 0 bridgehead atoms. The van der Waals surface area contributed by atoms with Crippen LogP contribution in [0.15, 0.2) is 74.2 Å². The van der Waals surface area contributed by atoms with E-state index in [-0.39, 0.29) is 43.6 Å². The maximum Gasteiger partial charge on any atom is 0.509 e. The van der Waals surface area contributed by atoms with E-state index in [0.717, 1.165) is 6.20 Å². The number of rotatable bonds is 13. The van der Waals surface area contributed by atoms with Gasteiger partial charge >= 0.3 is 24.2 Å². The van der Waals surface area contributed by atoms with Crippen molar-refractivity contribution < 1.29 is 76.0 Å². The van der Waals surface area contributed by atoms with Crippen molar-refractivity contribution in [3.05, 3.63) is 91.1 Å². The molecule has 3 aromatic carbocycles. The van der Waals surface area contributed by atoms with Crippen LogP contribution in [-0.4, -0.2) is 99.1 Å². The van der Waals surface area contributed by atoms with Crippen LogP contribution in [0.3, 0.4) is 0 Å². The van der Waals surface area contributed by atoms with Crippen molar-refractivity contribution in [2.24, 2.45) is 0 Å². The van der Waals surface area contributed by atoms with E-state index in [1.807, 2.05) is 0 Å². The van der Waals surface area contributed by atoms with Crippen LogP contribution in [0.5, 0.6) is 28.7 Å². The summed E-state index contributed by atoms with van der Waals surface area (Å²) in [6.45, 7) is 7.88.